The van der Waals surface area contributed by atoms with Crippen molar-refractivity contribution in [1.29, 1.82) is 0 Å². The highest BCUT2D eigenvalue weighted by atomic mass is 127. The normalized spacial score (nSPS) is 13.5. The van der Waals surface area contributed by atoms with Crippen molar-refractivity contribution in [2.24, 2.45) is 0 Å². The van der Waals surface area contributed by atoms with Crippen LogP contribution in [0.3, 0.4) is 0 Å². The zero-order chi connectivity index (χ0) is 9.83. The van der Waals surface area contributed by atoms with E-state index in [-0.39, 0.29) is 0 Å². The van der Waals surface area contributed by atoms with Crippen LogP contribution in [0.2, 0.25) is 12.1 Å². The van der Waals surface area contributed by atoms with Crippen LogP contribution in [0.15, 0.2) is 0 Å². The van der Waals surface area contributed by atoms with E-state index in [4.69, 9.17) is 0 Å². The van der Waals surface area contributed by atoms with Crippen molar-refractivity contribution in [3.8, 4) is 0 Å². The van der Waals surface area contributed by atoms with E-state index in [0.29, 0.717) is 0 Å². The van der Waals surface area contributed by atoms with Crippen molar-refractivity contribution >= 4 is 92.4 Å². The van der Waals surface area contributed by atoms with Crippen LogP contribution >= 0.6 is 87.2 Å². The van der Waals surface area contributed by atoms with E-state index in [1.165, 1.54) is 24.9 Å². The molecule has 0 aliphatic heterocycles. The molecule has 0 aromatic carbocycles. The van der Waals surface area contributed by atoms with Gasteiger partial charge in [0.1, 0.15) is 0 Å². The van der Waals surface area contributed by atoms with E-state index in [9.17, 15) is 0 Å². The van der Waals surface area contributed by atoms with Crippen LogP contribution in [0.4, 0.5) is 0 Å². The Morgan fingerprint density at radius 3 is 1.33 bits per heavy atom. The molecule has 0 radical (unpaired) electrons. The Hall–Kier alpha value is 3.35. The Labute approximate surface area is 128 Å². The third-order valence-corrected chi connectivity index (χ3v) is 76.2. The minimum atomic E-state index is -0.917. The van der Waals surface area contributed by atoms with Gasteiger partial charge in [0, 0.05) is 0 Å². The minimum absolute atomic E-state index is 0.882. The zero-order valence-electron chi connectivity index (χ0n) is 7.34. The zero-order valence-corrected chi connectivity index (χ0v) is 18.0. The molecule has 0 aromatic heterocycles. The first-order chi connectivity index (χ1) is 5.37. The van der Waals surface area contributed by atoms with E-state index < -0.39 is 5.17 Å². The smallest absolute Gasteiger partial charge is 0.119 e. The van der Waals surface area contributed by atoms with Gasteiger partial charge in [0.15, 0.2) is 5.09 Å². The average molecular weight is 650 g/mol. The standard InChI is InChI=1S/C6H14I4Si2/c1-3-5-11(7,6-4-2)12(8,9)10/h3-6H2,1-2H3. The summed E-state index contributed by atoms with van der Waals surface area (Å²) in [6.07, 6.45) is 2.78. The topological polar surface area (TPSA) is 0 Å². The van der Waals surface area contributed by atoms with Gasteiger partial charge in [0.25, 0.3) is 0.0813 Å². The summed E-state index contributed by atoms with van der Waals surface area (Å²) < 4.78 is -0.917. The fourth-order valence-corrected chi connectivity index (χ4v) is 24.6. The fourth-order valence-electron chi connectivity index (χ4n) is 1.20. The molecule has 0 fully saturated rings. The SMILES string of the molecule is CCC[Si](I)(CCC)[Si](I)(I)I. The first-order valence-electron chi connectivity index (χ1n) is 4.13. The second-order valence-corrected chi connectivity index (χ2v) is 63.6. The highest BCUT2D eigenvalue weighted by Crippen LogP contribution is 2.47. The molecular formula is C6H14I4Si2. The largest absolute Gasteiger partial charge is 0.253 e. The first kappa shape index (κ1) is 15.4. The summed E-state index contributed by atoms with van der Waals surface area (Å²) in [6.45, 7) is 4.67. The molecule has 0 rings (SSSR count). The predicted molar refractivity (Wildman–Crippen MR) is 97.8 cm³/mol. The third-order valence-electron chi connectivity index (χ3n) is 1.80. The predicted octanol–water partition coefficient (Wildman–Crippen LogP) is 5.51. The van der Waals surface area contributed by atoms with E-state index in [1.54, 1.807) is 0 Å². The Morgan fingerprint density at radius 2 is 1.17 bits per heavy atom. The van der Waals surface area contributed by atoms with E-state index >= 15 is 0 Å². The maximum Gasteiger partial charge on any atom is 0.253 e. The molecule has 0 nitrogen and oxygen atoms in total. The lowest BCUT2D eigenvalue weighted by atomic mass is 10.6. The number of halogens is 4. The van der Waals surface area contributed by atoms with Gasteiger partial charge in [0.2, 0.25) is 0 Å². The molecule has 0 saturated heterocycles. The van der Waals surface area contributed by atoms with Crippen LogP contribution in [0.5, 0.6) is 0 Å². The molecule has 0 amide bonds. The molecule has 0 unspecified atom stereocenters. The van der Waals surface area contributed by atoms with Crippen LogP contribution < -0.4 is 0 Å². The van der Waals surface area contributed by atoms with Gasteiger partial charge in [-0.3, -0.25) is 0 Å². The second-order valence-electron chi connectivity index (χ2n) is 2.96. The highest BCUT2D eigenvalue weighted by molar-refractivity contribution is 14.4. The molecule has 0 spiro atoms. The number of hydrogen-bond acceptors (Lipinski definition) is 0. The highest BCUT2D eigenvalue weighted by Gasteiger charge is 2.47. The summed E-state index contributed by atoms with van der Waals surface area (Å²) in [5.41, 5.74) is 0. The van der Waals surface area contributed by atoms with Crippen molar-refractivity contribution in [3.05, 3.63) is 0 Å². The molecule has 0 atom stereocenters. The Kier molecular flexibility index (Phi) is 8.74. The lowest BCUT2D eigenvalue weighted by Crippen LogP contribution is -2.44. The summed E-state index contributed by atoms with van der Waals surface area (Å²) in [5, 5.41) is -0.882. The Balaban J connectivity index is 4.38. The Bertz CT molecular complexity index is 128. The van der Waals surface area contributed by atoms with Crippen molar-refractivity contribution in [2.45, 2.75) is 38.8 Å². The molecule has 12 heavy (non-hydrogen) atoms. The lowest BCUT2D eigenvalue weighted by Gasteiger charge is -2.31. The van der Waals surface area contributed by atoms with E-state index in [2.05, 4.69) is 101 Å². The van der Waals surface area contributed by atoms with E-state index in [0.717, 1.165) is 0 Å². The summed E-state index contributed by atoms with van der Waals surface area (Å²) in [4.78, 5) is 0. The number of rotatable bonds is 5. The summed E-state index contributed by atoms with van der Waals surface area (Å²) >= 11 is 11.2. The molecule has 0 aliphatic carbocycles. The van der Waals surface area contributed by atoms with Crippen LogP contribution in [0.25, 0.3) is 0 Å². The molecule has 74 valence electrons. The molecule has 6 heteroatoms. The van der Waals surface area contributed by atoms with Crippen molar-refractivity contribution in [1.82, 2.24) is 0 Å². The maximum atomic E-state index is 2.86. The first-order valence-corrected chi connectivity index (χ1v) is 22.0. The molecule has 0 aliphatic rings. The van der Waals surface area contributed by atoms with Gasteiger partial charge in [-0.2, -0.15) is 0 Å². The van der Waals surface area contributed by atoms with Gasteiger partial charge in [-0.25, -0.2) is 0 Å². The molecule has 0 saturated carbocycles. The molecule has 0 N–H and O–H groups in total. The quantitative estimate of drug-likeness (QED) is 0.210. The van der Waals surface area contributed by atoms with Crippen molar-refractivity contribution in [2.75, 3.05) is 0 Å². The maximum absolute atomic E-state index is 2.86. The molecule has 0 bridgehead atoms. The molecule has 0 heterocycles. The summed E-state index contributed by atoms with van der Waals surface area (Å²) in [7, 11) is 0. The van der Waals surface area contributed by atoms with Crippen LogP contribution in [-0.4, -0.2) is 5.17 Å². The second kappa shape index (κ2) is 6.83. The van der Waals surface area contributed by atoms with Gasteiger partial charge >= 0.3 is 0 Å². The monoisotopic (exact) mass is 650 g/mol. The minimum Gasteiger partial charge on any atom is -0.119 e. The van der Waals surface area contributed by atoms with Crippen molar-refractivity contribution < 1.29 is 0 Å². The molecule has 0 aromatic rings. The van der Waals surface area contributed by atoms with E-state index in [1.807, 2.05) is 0 Å². The van der Waals surface area contributed by atoms with Crippen LogP contribution in [0, 0.1) is 0 Å². The van der Waals surface area contributed by atoms with Gasteiger partial charge in [-0.05, 0) is 12.1 Å². The van der Waals surface area contributed by atoms with Gasteiger partial charge < -0.3 is 0 Å². The van der Waals surface area contributed by atoms with Gasteiger partial charge in [-0.15, -0.1) is 21.8 Å². The Morgan fingerprint density at radius 1 is 0.833 bits per heavy atom. The summed E-state index contributed by atoms with van der Waals surface area (Å²) in [5.74, 6) is 0. The third kappa shape index (κ3) is 4.92. The number of hydrogen-bond donors (Lipinski definition) is 0. The van der Waals surface area contributed by atoms with Gasteiger partial charge in [0.05, 0.1) is 0 Å². The lowest BCUT2D eigenvalue weighted by molar-refractivity contribution is 1.02. The van der Waals surface area contributed by atoms with Gasteiger partial charge in [-0.1, -0.05) is 92.1 Å². The van der Waals surface area contributed by atoms with Crippen LogP contribution in [-0.2, 0) is 0 Å². The summed E-state index contributed by atoms with van der Waals surface area (Å²) in [6, 6.07) is 3.06. The average Bonchev–Trinajstić information content (AvgIpc) is 1.86. The fraction of sp³-hybridized carbons (Fsp3) is 1.00. The van der Waals surface area contributed by atoms with Crippen LogP contribution in [0.1, 0.15) is 26.7 Å². The van der Waals surface area contributed by atoms with Crippen molar-refractivity contribution in [3.63, 3.8) is 0 Å². The molecular weight excluding hydrogens is 636 g/mol.